The summed E-state index contributed by atoms with van der Waals surface area (Å²) in [5.74, 6) is 0.448. The first-order chi connectivity index (χ1) is 12.9. The fourth-order valence-corrected chi connectivity index (χ4v) is 3.29. The molecular formula is C17H17N5O4S. The predicted octanol–water partition coefficient (Wildman–Crippen LogP) is 1.61. The Morgan fingerprint density at radius 3 is 2.44 bits per heavy atom. The highest BCUT2D eigenvalue weighted by atomic mass is 32.2. The van der Waals surface area contributed by atoms with Gasteiger partial charge in [-0.15, -0.1) is 10.2 Å². The zero-order valence-electron chi connectivity index (χ0n) is 14.4. The molecule has 2 aromatic heterocycles. The van der Waals surface area contributed by atoms with Crippen molar-refractivity contribution in [2.24, 2.45) is 0 Å². The Hall–Kier alpha value is -3.11. The van der Waals surface area contributed by atoms with Crippen molar-refractivity contribution in [3.63, 3.8) is 0 Å². The van der Waals surface area contributed by atoms with Crippen molar-refractivity contribution in [3.05, 3.63) is 54.7 Å². The summed E-state index contributed by atoms with van der Waals surface area (Å²) in [5, 5.41) is 10.4. The predicted molar refractivity (Wildman–Crippen MR) is 97.2 cm³/mol. The van der Waals surface area contributed by atoms with Crippen molar-refractivity contribution in [2.75, 3.05) is 11.9 Å². The second-order valence-corrected chi connectivity index (χ2v) is 7.36. The number of nitrogens with zero attached hydrogens (tertiary/aromatic N) is 3. The fraction of sp³-hybridized carbons (Fsp3) is 0.176. The van der Waals surface area contributed by atoms with Crippen LogP contribution in [-0.4, -0.2) is 36.1 Å². The number of sulfonamides is 1. The molecule has 1 amide bonds. The molecule has 0 aliphatic carbocycles. The van der Waals surface area contributed by atoms with Crippen LogP contribution in [0.15, 0.2) is 58.1 Å². The molecule has 2 N–H and O–H groups in total. The smallest absolute Gasteiger partial charge is 0.247 e. The standard InChI is InChI=1S/C17H17N5O4S/c1-12(23)20-14-2-4-15(5-3-14)27(24,25)19-11-8-16-21-22-17(26-16)13-6-9-18-10-7-13/h2-7,9-10,19H,8,11H2,1H3,(H,20,23). The molecule has 0 bridgehead atoms. The molecule has 2 heterocycles. The van der Waals surface area contributed by atoms with Gasteiger partial charge in [0, 0.05) is 43.5 Å². The third-order valence-corrected chi connectivity index (χ3v) is 4.99. The number of nitrogens with one attached hydrogen (secondary N) is 2. The van der Waals surface area contributed by atoms with Gasteiger partial charge in [0.1, 0.15) is 0 Å². The summed E-state index contributed by atoms with van der Waals surface area (Å²) in [5.41, 5.74) is 1.26. The maximum Gasteiger partial charge on any atom is 0.247 e. The van der Waals surface area contributed by atoms with Gasteiger partial charge < -0.3 is 9.73 Å². The Morgan fingerprint density at radius 1 is 1.07 bits per heavy atom. The molecule has 0 spiro atoms. The normalized spacial score (nSPS) is 11.3. The molecule has 9 nitrogen and oxygen atoms in total. The zero-order chi connectivity index (χ0) is 19.3. The van der Waals surface area contributed by atoms with E-state index in [1.165, 1.54) is 31.2 Å². The molecule has 0 aliphatic heterocycles. The monoisotopic (exact) mass is 387 g/mol. The van der Waals surface area contributed by atoms with Crippen LogP contribution in [0.3, 0.4) is 0 Å². The molecule has 0 aliphatic rings. The van der Waals surface area contributed by atoms with Gasteiger partial charge in [-0.1, -0.05) is 0 Å². The van der Waals surface area contributed by atoms with Gasteiger partial charge in [0.2, 0.25) is 27.7 Å². The number of benzene rings is 1. The highest BCUT2D eigenvalue weighted by molar-refractivity contribution is 7.89. The summed E-state index contributed by atoms with van der Waals surface area (Å²) < 4.78 is 32.6. The van der Waals surface area contributed by atoms with E-state index in [0.717, 1.165) is 5.56 Å². The van der Waals surface area contributed by atoms with Crippen molar-refractivity contribution in [3.8, 4) is 11.5 Å². The fourth-order valence-electron chi connectivity index (χ4n) is 2.26. The minimum atomic E-state index is -3.68. The average Bonchev–Trinajstić information content (AvgIpc) is 3.11. The lowest BCUT2D eigenvalue weighted by Gasteiger charge is -2.07. The maximum atomic E-state index is 12.3. The van der Waals surface area contributed by atoms with E-state index < -0.39 is 10.0 Å². The van der Waals surface area contributed by atoms with E-state index in [4.69, 9.17) is 4.42 Å². The van der Waals surface area contributed by atoms with E-state index >= 15 is 0 Å². The molecule has 0 saturated heterocycles. The van der Waals surface area contributed by atoms with Crippen LogP contribution < -0.4 is 10.0 Å². The summed E-state index contributed by atoms with van der Waals surface area (Å²) in [6.07, 6.45) is 3.48. The molecule has 3 aromatic rings. The molecule has 0 radical (unpaired) electrons. The van der Waals surface area contributed by atoms with Crippen molar-refractivity contribution >= 4 is 21.6 Å². The Labute approximate surface area is 155 Å². The minimum Gasteiger partial charge on any atom is -0.421 e. The Kier molecular flexibility index (Phi) is 5.57. The summed E-state index contributed by atoms with van der Waals surface area (Å²) >= 11 is 0. The van der Waals surface area contributed by atoms with Crippen molar-refractivity contribution < 1.29 is 17.6 Å². The van der Waals surface area contributed by atoms with Crippen molar-refractivity contribution in [2.45, 2.75) is 18.2 Å². The van der Waals surface area contributed by atoms with Gasteiger partial charge >= 0.3 is 0 Å². The van der Waals surface area contributed by atoms with Gasteiger partial charge in [-0.3, -0.25) is 9.78 Å². The van der Waals surface area contributed by atoms with Crippen LogP contribution >= 0.6 is 0 Å². The van der Waals surface area contributed by atoms with Crippen LogP contribution in [-0.2, 0) is 21.2 Å². The number of rotatable bonds is 7. The van der Waals surface area contributed by atoms with E-state index in [1.807, 2.05) is 0 Å². The number of hydrogen-bond donors (Lipinski definition) is 2. The van der Waals surface area contributed by atoms with Crippen molar-refractivity contribution in [1.29, 1.82) is 0 Å². The molecule has 3 rings (SSSR count). The summed E-state index contributed by atoms with van der Waals surface area (Å²) in [7, 11) is -3.68. The number of carbonyl (C=O) groups is 1. The third-order valence-electron chi connectivity index (χ3n) is 3.51. The summed E-state index contributed by atoms with van der Waals surface area (Å²) in [6, 6.07) is 9.36. The second-order valence-electron chi connectivity index (χ2n) is 5.59. The van der Waals surface area contributed by atoms with Gasteiger partial charge in [-0.25, -0.2) is 13.1 Å². The lowest BCUT2D eigenvalue weighted by molar-refractivity contribution is -0.114. The van der Waals surface area contributed by atoms with Crippen LogP contribution in [0.1, 0.15) is 12.8 Å². The lowest BCUT2D eigenvalue weighted by atomic mass is 10.3. The topological polar surface area (TPSA) is 127 Å². The number of carbonyl (C=O) groups excluding carboxylic acids is 1. The zero-order valence-corrected chi connectivity index (χ0v) is 15.2. The molecule has 0 saturated carbocycles. The molecule has 10 heteroatoms. The van der Waals surface area contributed by atoms with Gasteiger partial charge in [-0.2, -0.15) is 0 Å². The van der Waals surface area contributed by atoms with Crippen molar-refractivity contribution in [1.82, 2.24) is 19.9 Å². The minimum absolute atomic E-state index is 0.0969. The van der Waals surface area contributed by atoms with Gasteiger partial charge in [0.05, 0.1) is 4.90 Å². The van der Waals surface area contributed by atoms with Crippen LogP contribution in [0.5, 0.6) is 0 Å². The van der Waals surface area contributed by atoms with E-state index in [9.17, 15) is 13.2 Å². The largest absolute Gasteiger partial charge is 0.421 e. The Balaban J connectivity index is 1.58. The molecule has 140 valence electrons. The third kappa shape index (κ3) is 4.96. The number of aromatic nitrogens is 3. The Bertz CT molecular complexity index is 1020. The first kappa shape index (κ1) is 18.7. The lowest BCUT2D eigenvalue weighted by Crippen LogP contribution is -2.26. The first-order valence-electron chi connectivity index (χ1n) is 8.04. The number of pyridine rings is 1. The molecule has 27 heavy (non-hydrogen) atoms. The van der Waals surface area contributed by atoms with Gasteiger partial charge in [0.25, 0.3) is 0 Å². The van der Waals surface area contributed by atoms with E-state index in [1.54, 1.807) is 24.5 Å². The Morgan fingerprint density at radius 2 is 1.78 bits per heavy atom. The molecule has 0 fully saturated rings. The van der Waals surface area contributed by atoms with E-state index in [-0.39, 0.29) is 23.8 Å². The summed E-state index contributed by atoms with van der Waals surface area (Å²) in [4.78, 5) is 15.0. The first-order valence-corrected chi connectivity index (χ1v) is 9.52. The number of hydrogen-bond acceptors (Lipinski definition) is 7. The van der Waals surface area contributed by atoms with E-state index in [2.05, 4.69) is 25.2 Å². The molecule has 0 atom stereocenters. The van der Waals surface area contributed by atoms with Crippen LogP contribution in [0.2, 0.25) is 0 Å². The van der Waals surface area contributed by atoms with Crippen LogP contribution in [0.4, 0.5) is 5.69 Å². The maximum absolute atomic E-state index is 12.3. The average molecular weight is 387 g/mol. The van der Waals surface area contributed by atoms with Gasteiger partial charge in [-0.05, 0) is 36.4 Å². The van der Waals surface area contributed by atoms with E-state index in [0.29, 0.717) is 17.5 Å². The highest BCUT2D eigenvalue weighted by Crippen LogP contribution is 2.17. The van der Waals surface area contributed by atoms with Crippen LogP contribution in [0, 0.1) is 0 Å². The summed E-state index contributed by atoms with van der Waals surface area (Å²) in [6.45, 7) is 1.48. The number of amides is 1. The second kappa shape index (κ2) is 8.06. The van der Waals surface area contributed by atoms with Gasteiger partial charge in [0.15, 0.2) is 0 Å². The number of anilines is 1. The quantitative estimate of drug-likeness (QED) is 0.630. The molecule has 0 unspecified atom stereocenters. The highest BCUT2D eigenvalue weighted by Gasteiger charge is 2.15. The van der Waals surface area contributed by atoms with Crippen LogP contribution in [0.25, 0.3) is 11.5 Å². The SMILES string of the molecule is CC(=O)Nc1ccc(S(=O)(=O)NCCc2nnc(-c3ccncc3)o2)cc1. The molecule has 1 aromatic carbocycles. The molecular weight excluding hydrogens is 370 g/mol.